The number of amides is 2. The standard InChI is InChI=1S/C24H27F2N3O4/c1-4-5-10-33-21-19-23(32)28(3)24(8-9-24)14(2)29(19)13-17(20(21)30)22(31)27-12-15-6-7-16(25)11-18(15)26/h6-7,11,13-14H,4-5,8-10,12H2,1-3H3,(H,27,31)/t14-/m1/s1. The molecule has 0 radical (unpaired) electrons. The van der Waals surface area contributed by atoms with E-state index in [1.54, 1.807) is 16.5 Å². The fourth-order valence-electron chi connectivity index (χ4n) is 4.45. The summed E-state index contributed by atoms with van der Waals surface area (Å²) in [6, 6.07) is 2.90. The largest absolute Gasteiger partial charge is 0.487 e. The Morgan fingerprint density at radius 3 is 2.64 bits per heavy atom. The lowest BCUT2D eigenvalue weighted by atomic mass is 9.99. The zero-order chi connectivity index (χ0) is 23.9. The molecule has 1 fully saturated rings. The first-order valence-corrected chi connectivity index (χ1v) is 11.1. The van der Waals surface area contributed by atoms with Crippen LogP contribution in [0.2, 0.25) is 0 Å². The highest BCUT2D eigenvalue weighted by molar-refractivity contribution is 5.99. The van der Waals surface area contributed by atoms with Gasteiger partial charge in [-0.2, -0.15) is 0 Å². The molecule has 0 bridgehead atoms. The molecule has 33 heavy (non-hydrogen) atoms. The van der Waals surface area contributed by atoms with Crippen LogP contribution < -0.4 is 15.5 Å². The van der Waals surface area contributed by atoms with Gasteiger partial charge >= 0.3 is 0 Å². The number of hydrogen-bond acceptors (Lipinski definition) is 4. The van der Waals surface area contributed by atoms with E-state index in [0.29, 0.717) is 6.42 Å². The van der Waals surface area contributed by atoms with E-state index in [2.05, 4.69) is 5.32 Å². The summed E-state index contributed by atoms with van der Waals surface area (Å²) in [6.07, 6.45) is 4.58. The van der Waals surface area contributed by atoms with Crippen molar-refractivity contribution >= 4 is 11.8 Å². The van der Waals surface area contributed by atoms with Gasteiger partial charge in [-0.05, 0) is 32.3 Å². The molecule has 9 heteroatoms. The van der Waals surface area contributed by atoms with Gasteiger partial charge in [-0.1, -0.05) is 19.4 Å². The second-order valence-corrected chi connectivity index (χ2v) is 8.72. The number of carbonyl (C=O) groups excluding carboxylic acids is 2. The molecule has 0 saturated heterocycles. The van der Waals surface area contributed by atoms with Crippen molar-refractivity contribution in [1.82, 2.24) is 14.8 Å². The van der Waals surface area contributed by atoms with Crippen LogP contribution in [-0.4, -0.2) is 40.5 Å². The third-order valence-corrected chi connectivity index (χ3v) is 6.77. The van der Waals surface area contributed by atoms with Gasteiger partial charge in [0.2, 0.25) is 5.43 Å². The number of pyridine rings is 1. The Labute approximate surface area is 190 Å². The second-order valence-electron chi connectivity index (χ2n) is 8.72. The number of ether oxygens (including phenoxy) is 1. The van der Waals surface area contributed by atoms with Crippen molar-refractivity contribution in [3.05, 3.63) is 63.1 Å². The Balaban J connectivity index is 1.72. The predicted molar refractivity (Wildman–Crippen MR) is 117 cm³/mol. The number of halogens is 2. The fraction of sp³-hybridized carbons (Fsp3) is 0.458. The maximum Gasteiger partial charge on any atom is 0.274 e. The third kappa shape index (κ3) is 3.89. The lowest BCUT2D eigenvalue weighted by Gasteiger charge is -2.41. The molecule has 1 spiro atoms. The second kappa shape index (κ2) is 8.61. The normalized spacial score (nSPS) is 18.3. The van der Waals surface area contributed by atoms with Crippen LogP contribution in [0.5, 0.6) is 5.75 Å². The van der Waals surface area contributed by atoms with Crippen LogP contribution in [0.15, 0.2) is 29.2 Å². The van der Waals surface area contributed by atoms with E-state index in [1.165, 1.54) is 12.3 Å². The number of nitrogens with one attached hydrogen (secondary N) is 1. The van der Waals surface area contributed by atoms with Crippen LogP contribution >= 0.6 is 0 Å². The summed E-state index contributed by atoms with van der Waals surface area (Å²) in [4.78, 5) is 41.1. The minimum Gasteiger partial charge on any atom is -0.487 e. The van der Waals surface area contributed by atoms with Crippen LogP contribution in [0.1, 0.15) is 72.0 Å². The topological polar surface area (TPSA) is 80.6 Å². The van der Waals surface area contributed by atoms with Crippen molar-refractivity contribution in [3.63, 3.8) is 0 Å². The van der Waals surface area contributed by atoms with Gasteiger partial charge in [-0.3, -0.25) is 14.4 Å². The summed E-state index contributed by atoms with van der Waals surface area (Å²) in [5.74, 6) is -2.68. The van der Waals surface area contributed by atoms with E-state index < -0.39 is 23.0 Å². The lowest BCUT2D eigenvalue weighted by molar-refractivity contribution is 0.0547. The zero-order valence-electron chi connectivity index (χ0n) is 18.9. The predicted octanol–water partition coefficient (Wildman–Crippen LogP) is 3.41. The van der Waals surface area contributed by atoms with Gasteiger partial charge in [0.1, 0.15) is 17.2 Å². The van der Waals surface area contributed by atoms with Crippen molar-refractivity contribution in [2.45, 2.75) is 57.7 Å². The number of rotatable bonds is 7. The van der Waals surface area contributed by atoms with Crippen LogP contribution in [0.3, 0.4) is 0 Å². The molecule has 0 unspecified atom stereocenters. The SMILES string of the molecule is CCCCOc1c2n(cc(C(=O)NCc3ccc(F)cc3F)c1=O)[C@H](C)C1(CC1)N(C)C2=O. The van der Waals surface area contributed by atoms with E-state index in [-0.39, 0.29) is 53.2 Å². The van der Waals surface area contributed by atoms with E-state index >= 15 is 0 Å². The Bertz CT molecular complexity index is 1170. The van der Waals surface area contributed by atoms with Crippen molar-refractivity contribution in [2.75, 3.05) is 13.7 Å². The highest BCUT2D eigenvalue weighted by Gasteiger charge is 2.57. The van der Waals surface area contributed by atoms with E-state index in [0.717, 1.165) is 31.4 Å². The minimum atomic E-state index is -0.793. The highest BCUT2D eigenvalue weighted by Crippen LogP contribution is 2.53. The number of aromatic nitrogens is 1. The number of unbranched alkanes of at least 4 members (excludes halogenated alkanes) is 1. The summed E-state index contributed by atoms with van der Waals surface area (Å²) in [5, 5.41) is 2.52. The van der Waals surface area contributed by atoms with Gasteiger partial charge < -0.3 is 19.5 Å². The van der Waals surface area contributed by atoms with Crippen molar-refractivity contribution < 1.29 is 23.1 Å². The smallest absolute Gasteiger partial charge is 0.274 e. The highest BCUT2D eigenvalue weighted by atomic mass is 19.1. The fourth-order valence-corrected chi connectivity index (χ4v) is 4.45. The third-order valence-electron chi connectivity index (χ3n) is 6.77. The molecule has 7 nitrogen and oxygen atoms in total. The summed E-state index contributed by atoms with van der Waals surface area (Å²) < 4.78 is 34.5. The number of benzene rings is 1. The first-order valence-electron chi connectivity index (χ1n) is 11.1. The average Bonchev–Trinajstić information content (AvgIpc) is 3.58. The molecule has 1 aromatic heterocycles. The Morgan fingerprint density at radius 2 is 2.00 bits per heavy atom. The number of hydrogen-bond donors (Lipinski definition) is 1. The number of carbonyl (C=O) groups is 2. The first-order chi connectivity index (χ1) is 15.7. The van der Waals surface area contributed by atoms with Gasteiger partial charge in [0, 0.05) is 31.4 Å². The molecule has 1 aliphatic carbocycles. The molecular formula is C24H27F2N3O4. The molecule has 1 saturated carbocycles. The molecule has 2 aliphatic rings. The maximum absolute atomic E-state index is 13.9. The summed E-state index contributed by atoms with van der Waals surface area (Å²) in [5.41, 5.74) is -0.984. The summed E-state index contributed by atoms with van der Waals surface area (Å²) in [7, 11) is 1.73. The van der Waals surface area contributed by atoms with Gasteiger partial charge in [0.15, 0.2) is 11.4 Å². The molecule has 4 rings (SSSR count). The van der Waals surface area contributed by atoms with Crippen molar-refractivity contribution in [1.29, 1.82) is 0 Å². The van der Waals surface area contributed by atoms with Gasteiger partial charge in [0.05, 0.1) is 18.2 Å². The minimum absolute atomic E-state index is 0.0873. The maximum atomic E-state index is 13.9. The van der Waals surface area contributed by atoms with Crippen LogP contribution in [0, 0.1) is 11.6 Å². The monoisotopic (exact) mass is 459 g/mol. The molecule has 2 aromatic rings. The molecule has 2 heterocycles. The Morgan fingerprint density at radius 1 is 1.27 bits per heavy atom. The molecular weight excluding hydrogens is 432 g/mol. The summed E-state index contributed by atoms with van der Waals surface area (Å²) >= 11 is 0. The van der Waals surface area contributed by atoms with Crippen LogP contribution in [-0.2, 0) is 6.54 Å². The van der Waals surface area contributed by atoms with Gasteiger partial charge in [-0.15, -0.1) is 0 Å². The van der Waals surface area contributed by atoms with Crippen LogP contribution in [0.25, 0.3) is 0 Å². The Kier molecular flexibility index (Phi) is 5.99. The van der Waals surface area contributed by atoms with Crippen LogP contribution in [0.4, 0.5) is 8.78 Å². The quantitative estimate of drug-likeness (QED) is 0.644. The molecule has 1 atom stereocenters. The summed E-state index contributed by atoms with van der Waals surface area (Å²) in [6.45, 7) is 3.94. The molecule has 1 N–H and O–H groups in total. The van der Waals surface area contributed by atoms with E-state index in [4.69, 9.17) is 4.74 Å². The van der Waals surface area contributed by atoms with Crippen molar-refractivity contribution in [3.8, 4) is 5.75 Å². The average molecular weight is 459 g/mol. The molecule has 176 valence electrons. The van der Waals surface area contributed by atoms with E-state index in [9.17, 15) is 23.2 Å². The molecule has 1 aliphatic heterocycles. The van der Waals surface area contributed by atoms with Crippen molar-refractivity contribution in [2.24, 2.45) is 0 Å². The van der Waals surface area contributed by atoms with E-state index in [1.807, 2.05) is 13.8 Å². The Hall–Kier alpha value is -3.23. The molecule has 2 amide bonds. The lowest BCUT2D eigenvalue weighted by Crippen LogP contribution is -2.51. The number of nitrogens with zero attached hydrogens (tertiary/aromatic N) is 2. The zero-order valence-corrected chi connectivity index (χ0v) is 18.9. The molecule has 1 aromatic carbocycles. The number of likely N-dealkylation sites (N-methyl/N-ethyl adjacent to an activating group) is 1. The van der Waals surface area contributed by atoms with Gasteiger partial charge in [-0.25, -0.2) is 8.78 Å². The number of fused-ring (bicyclic) bond motifs is 1. The first kappa shape index (κ1) is 22.9. The van der Waals surface area contributed by atoms with Gasteiger partial charge in [0.25, 0.3) is 11.8 Å².